The maximum Gasteiger partial charge on any atom is 0.339 e. The summed E-state index contributed by atoms with van der Waals surface area (Å²) in [4.78, 5) is 37.7. The van der Waals surface area contributed by atoms with Crippen molar-refractivity contribution in [3.05, 3.63) is 23.2 Å². The third-order valence-corrected chi connectivity index (χ3v) is 3.66. The molecule has 0 aromatic carbocycles. The molecule has 21 heavy (non-hydrogen) atoms. The number of carbonyl (C=O) groups excluding carboxylic acids is 2. The summed E-state index contributed by atoms with van der Waals surface area (Å²) in [6.07, 6.45) is 0.219. The van der Waals surface area contributed by atoms with Gasteiger partial charge >= 0.3 is 5.97 Å². The number of hydrogen-bond donors (Lipinski definition) is 1. The van der Waals surface area contributed by atoms with Crippen molar-refractivity contribution in [1.82, 2.24) is 9.80 Å². The topological polar surface area (TPSA) is 91.1 Å². The maximum absolute atomic E-state index is 12.3. The van der Waals surface area contributed by atoms with E-state index in [4.69, 9.17) is 9.52 Å². The first-order valence-electron chi connectivity index (χ1n) is 6.61. The van der Waals surface area contributed by atoms with E-state index in [1.807, 2.05) is 0 Å². The van der Waals surface area contributed by atoms with Crippen LogP contribution in [0.5, 0.6) is 0 Å². The molecular formula is C14H18N2O5. The fraction of sp³-hybridized carbons (Fsp3) is 0.500. The van der Waals surface area contributed by atoms with Gasteiger partial charge in [0.25, 0.3) is 0 Å². The molecule has 7 heteroatoms. The third kappa shape index (κ3) is 3.07. The number of nitrogens with zero attached hydrogens (tertiary/aromatic N) is 2. The van der Waals surface area contributed by atoms with E-state index in [0.29, 0.717) is 18.1 Å². The minimum atomic E-state index is -1.06. The number of carbonyl (C=O) groups is 3. The van der Waals surface area contributed by atoms with Gasteiger partial charge in [-0.1, -0.05) is 0 Å². The summed E-state index contributed by atoms with van der Waals surface area (Å²) in [5, 5.41) is 8.97. The molecule has 1 aromatic rings. The minimum absolute atomic E-state index is 0.0382. The zero-order valence-electron chi connectivity index (χ0n) is 12.3. The van der Waals surface area contributed by atoms with Gasteiger partial charge in [0.1, 0.15) is 17.1 Å². The van der Waals surface area contributed by atoms with Crippen LogP contribution < -0.4 is 0 Å². The Bertz CT molecular complexity index is 592. The summed E-state index contributed by atoms with van der Waals surface area (Å²) in [5.74, 6) is -0.850. The number of carboxylic acid groups (broad SMARTS) is 1. The lowest BCUT2D eigenvalue weighted by Gasteiger charge is -2.19. The second-order valence-corrected chi connectivity index (χ2v) is 5.36. The second kappa shape index (κ2) is 5.59. The molecule has 1 N–H and O–H groups in total. The highest BCUT2D eigenvalue weighted by Crippen LogP contribution is 2.20. The lowest BCUT2D eigenvalue weighted by molar-refractivity contribution is -0.135. The average Bonchev–Trinajstić information content (AvgIpc) is 2.92. The smallest absolute Gasteiger partial charge is 0.339 e. The van der Waals surface area contributed by atoms with Gasteiger partial charge < -0.3 is 19.3 Å². The normalized spacial score (nSPS) is 18.1. The molecule has 2 amide bonds. The number of amides is 2. The van der Waals surface area contributed by atoms with E-state index in [1.165, 1.54) is 15.9 Å². The van der Waals surface area contributed by atoms with Crippen molar-refractivity contribution in [2.45, 2.75) is 19.9 Å². The van der Waals surface area contributed by atoms with Gasteiger partial charge in [-0.05, 0) is 13.0 Å². The first kappa shape index (κ1) is 15.1. The number of likely N-dealkylation sites (tertiary alicyclic amines) is 1. The number of hydrogen-bond acceptors (Lipinski definition) is 4. The Morgan fingerprint density at radius 3 is 2.67 bits per heavy atom. The first-order valence-corrected chi connectivity index (χ1v) is 6.61. The van der Waals surface area contributed by atoms with Crippen molar-refractivity contribution in [2.75, 3.05) is 20.6 Å². The van der Waals surface area contributed by atoms with Crippen LogP contribution in [0.2, 0.25) is 0 Å². The van der Waals surface area contributed by atoms with E-state index in [-0.39, 0.29) is 36.3 Å². The Balaban J connectivity index is 2.03. The fourth-order valence-corrected chi connectivity index (χ4v) is 2.49. The summed E-state index contributed by atoms with van der Waals surface area (Å²) >= 11 is 0. The molecule has 0 bridgehead atoms. The van der Waals surface area contributed by atoms with Crippen molar-refractivity contribution in [3.8, 4) is 0 Å². The molecule has 1 unspecified atom stereocenters. The molecule has 2 rings (SSSR count). The van der Waals surface area contributed by atoms with Crippen LogP contribution in [0.1, 0.15) is 28.3 Å². The third-order valence-electron chi connectivity index (χ3n) is 3.66. The fourth-order valence-electron chi connectivity index (χ4n) is 2.49. The number of carboxylic acids is 1. The standard InChI is InChI=1S/C14H18N2O5/c1-8-11(14(19)20)5-10(21-8)7-16(3)13(18)9-4-12(17)15(2)6-9/h5,9H,4,6-7H2,1-3H3,(H,19,20). The Morgan fingerprint density at radius 1 is 1.52 bits per heavy atom. The van der Waals surface area contributed by atoms with E-state index >= 15 is 0 Å². The van der Waals surface area contributed by atoms with E-state index in [9.17, 15) is 14.4 Å². The summed E-state index contributed by atoms with van der Waals surface area (Å²) in [5.41, 5.74) is 0.0987. The van der Waals surface area contributed by atoms with E-state index in [0.717, 1.165) is 0 Å². The van der Waals surface area contributed by atoms with Crippen LogP contribution in [0, 0.1) is 12.8 Å². The van der Waals surface area contributed by atoms with Crippen molar-refractivity contribution in [1.29, 1.82) is 0 Å². The molecule has 1 saturated heterocycles. The van der Waals surface area contributed by atoms with Gasteiger partial charge in [0.2, 0.25) is 11.8 Å². The highest BCUT2D eigenvalue weighted by Gasteiger charge is 2.34. The van der Waals surface area contributed by atoms with Gasteiger partial charge in [-0.15, -0.1) is 0 Å². The van der Waals surface area contributed by atoms with Gasteiger partial charge in [0.05, 0.1) is 12.5 Å². The Kier molecular flexibility index (Phi) is 4.02. The largest absolute Gasteiger partial charge is 0.478 e. The maximum atomic E-state index is 12.3. The Hall–Kier alpha value is -2.31. The molecule has 114 valence electrons. The molecule has 1 aliphatic heterocycles. The van der Waals surface area contributed by atoms with Crippen molar-refractivity contribution < 1.29 is 23.9 Å². The molecule has 1 aromatic heterocycles. The lowest BCUT2D eigenvalue weighted by Crippen LogP contribution is -2.33. The van der Waals surface area contributed by atoms with Gasteiger partial charge in [-0.2, -0.15) is 0 Å². The molecule has 1 aliphatic rings. The van der Waals surface area contributed by atoms with Crippen molar-refractivity contribution in [2.24, 2.45) is 5.92 Å². The summed E-state index contributed by atoms with van der Waals surface area (Å²) in [6, 6.07) is 1.42. The van der Waals surface area contributed by atoms with Crippen LogP contribution in [-0.2, 0) is 16.1 Å². The van der Waals surface area contributed by atoms with Gasteiger partial charge in [0.15, 0.2) is 0 Å². The zero-order chi connectivity index (χ0) is 15.7. The van der Waals surface area contributed by atoms with E-state index in [2.05, 4.69) is 0 Å². The molecule has 0 spiro atoms. The minimum Gasteiger partial charge on any atom is -0.478 e. The van der Waals surface area contributed by atoms with Crippen molar-refractivity contribution >= 4 is 17.8 Å². The van der Waals surface area contributed by atoms with Crippen LogP contribution in [0.25, 0.3) is 0 Å². The van der Waals surface area contributed by atoms with Crippen LogP contribution in [-0.4, -0.2) is 53.3 Å². The predicted molar refractivity (Wildman–Crippen MR) is 72.6 cm³/mol. The summed E-state index contributed by atoms with van der Waals surface area (Å²) in [7, 11) is 3.29. The van der Waals surface area contributed by atoms with Crippen LogP contribution >= 0.6 is 0 Å². The molecule has 1 fully saturated rings. The molecule has 2 heterocycles. The Morgan fingerprint density at radius 2 is 2.19 bits per heavy atom. The number of furan rings is 1. The number of aromatic carboxylic acids is 1. The first-order chi connectivity index (χ1) is 9.79. The highest BCUT2D eigenvalue weighted by atomic mass is 16.4. The summed E-state index contributed by atoms with van der Waals surface area (Å²) in [6.45, 7) is 2.17. The van der Waals surface area contributed by atoms with Crippen molar-refractivity contribution in [3.63, 3.8) is 0 Å². The second-order valence-electron chi connectivity index (χ2n) is 5.36. The van der Waals surface area contributed by atoms with Gasteiger partial charge in [0, 0.05) is 27.1 Å². The number of aryl methyl sites for hydroxylation is 1. The predicted octanol–water partition coefficient (Wildman–Crippen LogP) is 0.723. The molecular weight excluding hydrogens is 276 g/mol. The van der Waals surface area contributed by atoms with Crippen LogP contribution in [0.3, 0.4) is 0 Å². The van der Waals surface area contributed by atoms with Gasteiger partial charge in [-0.25, -0.2) is 4.79 Å². The quantitative estimate of drug-likeness (QED) is 0.883. The zero-order valence-corrected chi connectivity index (χ0v) is 12.3. The number of rotatable bonds is 4. The van der Waals surface area contributed by atoms with E-state index < -0.39 is 5.97 Å². The summed E-state index contributed by atoms with van der Waals surface area (Å²) < 4.78 is 5.35. The van der Waals surface area contributed by atoms with E-state index in [1.54, 1.807) is 21.0 Å². The molecule has 0 saturated carbocycles. The van der Waals surface area contributed by atoms with Crippen LogP contribution in [0.4, 0.5) is 0 Å². The van der Waals surface area contributed by atoms with Gasteiger partial charge in [-0.3, -0.25) is 9.59 Å². The highest BCUT2D eigenvalue weighted by molar-refractivity contribution is 5.89. The molecule has 0 aliphatic carbocycles. The average molecular weight is 294 g/mol. The SMILES string of the molecule is Cc1oc(CN(C)C(=O)C2CC(=O)N(C)C2)cc1C(=O)O. The molecule has 0 radical (unpaired) electrons. The molecule has 7 nitrogen and oxygen atoms in total. The molecule has 1 atom stereocenters. The Labute approximate surface area is 122 Å². The van der Waals surface area contributed by atoms with Crippen LogP contribution in [0.15, 0.2) is 10.5 Å². The lowest BCUT2D eigenvalue weighted by atomic mass is 10.1. The monoisotopic (exact) mass is 294 g/mol.